The Balaban J connectivity index is 1.73. The van der Waals surface area contributed by atoms with Crippen LogP contribution in [-0.4, -0.2) is 40.2 Å². The number of allylic oxidation sites excluding steroid dienone is 1. The summed E-state index contributed by atoms with van der Waals surface area (Å²) in [6, 6.07) is 0. The Morgan fingerprint density at radius 1 is 1.20 bits per heavy atom. The summed E-state index contributed by atoms with van der Waals surface area (Å²) in [6.45, 7) is 4.03. The van der Waals surface area contributed by atoms with Gasteiger partial charge in [-0.05, 0) is 12.5 Å². The van der Waals surface area contributed by atoms with Crippen molar-refractivity contribution >= 4 is 23.7 Å². The van der Waals surface area contributed by atoms with Crippen molar-refractivity contribution in [2.75, 3.05) is 6.54 Å². The average Bonchev–Trinajstić information content (AvgIpc) is 2.88. The van der Waals surface area contributed by atoms with E-state index in [0.29, 0.717) is 23.7 Å². The van der Waals surface area contributed by atoms with Crippen molar-refractivity contribution in [3.8, 4) is 0 Å². The molecule has 0 unspecified atom stereocenters. The van der Waals surface area contributed by atoms with E-state index in [1.54, 1.807) is 6.08 Å². The molecule has 0 radical (unpaired) electrons. The molecule has 0 spiro atoms. The van der Waals surface area contributed by atoms with Crippen LogP contribution in [0.25, 0.3) is 0 Å². The Bertz CT molecular complexity index is 489. The number of imide groups is 1. The summed E-state index contributed by atoms with van der Waals surface area (Å²) >= 11 is 0. The lowest BCUT2D eigenvalue weighted by Gasteiger charge is -2.17. The number of hydroxylamine groups is 2. The molecule has 0 N–H and O–H groups in total. The van der Waals surface area contributed by atoms with Gasteiger partial charge in [0, 0.05) is 37.6 Å². The highest BCUT2D eigenvalue weighted by Gasteiger charge is 2.32. The Morgan fingerprint density at radius 2 is 1.85 bits per heavy atom. The molecule has 0 aromatic carbocycles. The van der Waals surface area contributed by atoms with Crippen molar-refractivity contribution in [1.82, 2.24) is 9.96 Å². The zero-order chi connectivity index (χ0) is 14.7. The third kappa shape index (κ3) is 2.93. The quantitative estimate of drug-likeness (QED) is 0.675. The average molecular weight is 278 g/mol. The van der Waals surface area contributed by atoms with Crippen molar-refractivity contribution in [3.63, 3.8) is 0 Å². The Labute approximate surface area is 115 Å². The second-order valence-electron chi connectivity index (χ2n) is 4.46. The molecule has 2 rings (SSSR count). The molecule has 7 nitrogen and oxygen atoms in total. The monoisotopic (exact) mass is 278 g/mol. The Kier molecular flexibility index (Phi) is 3.97. The number of amides is 3. The summed E-state index contributed by atoms with van der Waals surface area (Å²) in [5, 5.41) is 0.518. The highest BCUT2D eigenvalue weighted by molar-refractivity contribution is 6.01. The number of rotatable bonds is 5. The van der Waals surface area contributed by atoms with Crippen LogP contribution in [0.4, 0.5) is 0 Å². The van der Waals surface area contributed by atoms with Gasteiger partial charge in [0.15, 0.2) is 0 Å². The van der Waals surface area contributed by atoms with E-state index in [-0.39, 0.29) is 25.2 Å². The van der Waals surface area contributed by atoms with Crippen LogP contribution in [0.1, 0.15) is 25.7 Å². The molecule has 0 bridgehead atoms. The van der Waals surface area contributed by atoms with Gasteiger partial charge in [-0.15, -0.1) is 5.06 Å². The van der Waals surface area contributed by atoms with E-state index in [1.807, 2.05) is 0 Å². The predicted molar refractivity (Wildman–Crippen MR) is 66.4 cm³/mol. The maximum Gasteiger partial charge on any atom is 0.333 e. The van der Waals surface area contributed by atoms with Crippen molar-refractivity contribution < 1.29 is 24.0 Å². The fourth-order valence-electron chi connectivity index (χ4n) is 1.93. The van der Waals surface area contributed by atoms with Crippen molar-refractivity contribution in [1.29, 1.82) is 0 Å². The maximum atomic E-state index is 11.5. The molecule has 3 amide bonds. The first-order chi connectivity index (χ1) is 9.49. The van der Waals surface area contributed by atoms with E-state index >= 15 is 0 Å². The minimum Gasteiger partial charge on any atom is -0.330 e. The number of hydrogen-bond acceptors (Lipinski definition) is 5. The van der Waals surface area contributed by atoms with Crippen LogP contribution in [0.15, 0.2) is 24.4 Å². The van der Waals surface area contributed by atoms with E-state index in [4.69, 9.17) is 4.84 Å². The van der Waals surface area contributed by atoms with E-state index in [1.165, 1.54) is 11.0 Å². The molecule has 2 heterocycles. The largest absolute Gasteiger partial charge is 0.333 e. The summed E-state index contributed by atoms with van der Waals surface area (Å²) in [5.74, 6) is -1.85. The molecule has 20 heavy (non-hydrogen) atoms. The van der Waals surface area contributed by atoms with Gasteiger partial charge in [-0.3, -0.25) is 14.4 Å². The standard InChI is InChI=1S/C13H14N2O5/c1-9-4-5-10(16)14(9)8-2-3-13(19)20-15-11(17)6-7-12(15)18/h4-5H,1-3,6-8H2. The molecule has 7 heteroatoms. The predicted octanol–water partition coefficient (Wildman–Crippen LogP) is 0.286. The summed E-state index contributed by atoms with van der Waals surface area (Å²) in [7, 11) is 0. The zero-order valence-corrected chi connectivity index (χ0v) is 10.8. The zero-order valence-electron chi connectivity index (χ0n) is 10.8. The van der Waals surface area contributed by atoms with Gasteiger partial charge in [0.05, 0.1) is 0 Å². The van der Waals surface area contributed by atoms with Gasteiger partial charge in [0.1, 0.15) is 0 Å². The SMILES string of the molecule is C=C1C=CC(=O)N1CCCC(=O)ON1C(=O)CCC1=O. The molecule has 2 aliphatic heterocycles. The van der Waals surface area contributed by atoms with Crippen molar-refractivity contribution in [3.05, 3.63) is 24.4 Å². The first-order valence-corrected chi connectivity index (χ1v) is 6.24. The molecule has 0 aliphatic carbocycles. The number of carbonyl (C=O) groups excluding carboxylic acids is 4. The van der Waals surface area contributed by atoms with Crippen LogP contribution in [0.3, 0.4) is 0 Å². The fraction of sp³-hybridized carbons (Fsp3) is 0.385. The Hall–Kier alpha value is -2.44. The first kappa shape index (κ1) is 14.0. The molecular weight excluding hydrogens is 264 g/mol. The van der Waals surface area contributed by atoms with Crippen LogP contribution < -0.4 is 0 Å². The van der Waals surface area contributed by atoms with E-state index in [2.05, 4.69) is 6.58 Å². The van der Waals surface area contributed by atoms with Gasteiger partial charge in [0.25, 0.3) is 17.7 Å². The van der Waals surface area contributed by atoms with Crippen molar-refractivity contribution in [2.45, 2.75) is 25.7 Å². The number of hydrogen-bond donors (Lipinski definition) is 0. The smallest absolute Gasteiger partial charge is 0.330 e. The minimum absolute atomic E-state index is 0.00806. The summed E-state index contributed by atoms with van der Waals surface area (Å²) in [6.07, 6.45) is 3.51. The molecule has 0 aromatic rings. The fourth-order valence-corrected chi connectivity index (χ4v) is 1.93. The lowest BCUT2D eigenvalue weighted by Crippen LogP contribution is -2.32. The van der Waals surface area contributed by atoms with Gasteiger partial charge in [-0.1, -0.05) is 6.58 Å². The second kappa shape index (κ2) is 5.68. The highest BCUT2D eigenvalue weighted by atomic mass is 16.7. The summed E-state index contributed by atoms with van der Waals surface area (Å²) in [4.78, 5) is 51.5. The lowest BCUT2D eigenvalue weighted by atomic mass is 10.3. The number of nitrogens with zero attached hydrogens (tertiary/aromatic N) is 2. The lowest BCUT2D eigenvalue weighted by molar-refractivity contribution is -0.197. The van der Waals surface area contributed by atoms with Gasteiger partial charge in [0.2, 0.25) is 0 Å². The van der Waals surface area contributed by atoms with Crippen LogP contribution >= 0.6 is 0 Å². The normalized spacial score (nSPS) is 18.4. The van der Waals surface area contributed by atoms with E-state index in [0.717, 1.165) is 0 Å². The van der Waals surface area contributed by atoms with Crippen LogP contribution in [0, 0.1) is 0 Å². The van der Waals surface area contributed by atoms with Crippen molar-refractivity contribution in [2.24, 2.45) is 0 Å². The van der Waals surface area contributed by atoms with Crippen LogP contribution in [-0.2, 0) is 24.0 Å². The second-order valence-corrected chi connectivity index (χ2v) is 4.46. The number of carbonyl (C=O) groups is 4. The molecule has 0 aromatic heterocycles. The molecule has 1 saturated heterocycles. The molecular formula is C13H14N2O5. The van der Waals surface area contributed by atoms with Gasteiger partial charge < -0.3 is 9.74 Å². The molecule has 0 atom stereocenters. The molecule has 0 saturated carbocycles. The summed E-state index contributed by atoms with van der Waals surface area (Å²) in [5.41, 5.74) is 0.577. The van der Waals surface area contributed by atoms with Gasteiger partial charge in [-0.25, -0.2) is 4.79 Å². The minimum atomic E-state index is -0.668. The molecule has 106 valence electrons. The maximum absolute atomic E-state index is 11.5. The molecule has 1 fully saturated rings. The topological polar surface area (TPSA) is 84.0 Å². The van der Waals surface area contributed by atoms with E-state index in [9.17, 15) is 19.2 Å². The first-order valence-electron chi connectivity index (χ1n) is 6.24. The van der Waals surface area contributed by atoms with Gasteiger partial charge >= 0.3 is 5.97 Å². The Morgan fingerprint density at radius 3 is 2.40 bits per heavy atom. The third-order valence-corrected chi connectivity index (χ3v) is 2.99. The van der Waals surface area contributed by atoms with Crippen LogP contribution in [0.5, 0.6) is 0 Å². The third-order valence-electron chi connectivity index (χ3n) is 2.99. The van der Waals surface area contributed by atoms with Crippen LogP contribution in [0.2, 0.25) is 0 Å². The van der Waals surface area contributed by atoms with Gasteiger partial charge in [-0.2, -0.15) is 0 Å². The summed E-state index contributed by atoms with van der Waals surface area (Å²) < 4.78 is 0. The van der Waals surface area contributed by atoms with E-state index < -0.39 is 17.8 Å². The highest BCUT2D eigenvalue weighted by Crippen LogP contribution is 2.15. The molecule has 2 aliphatic rings.